The van der Waals surface area contributed by atoms with E-state index >= 15 is 0 Å². The van der Waals surface area contributed by atoms with Gasteiger partial charge in [0.1, 0.15) is 5.75 Å². The molecule has 0 unspecified atom stereocenters. The minimum atomic E-state index is -1.85. The van der Waals surface area contributed by atoms with Gasteiger partial charge in [0.15, 0.2) is 0 Å². The van der Waals surface area contributed by atoms with Crippen LogP contribution >= 0.6 is 0 Å². The van der Waals surface area contributed by atoms with Crippen molar-refractivity contribution in [2.24, 2.45) is 5.89 Å². The van der Waals surface area contributed by atoms with Crippen molar-refractivity contribution in [2.75, 3.05) is 6.61 Å². The molecule has 0 aliphatic heterocycles. The number of hydrogen-bond acceptors (Lipinski definition) is 1. The second-order valence-electron chi connectivity index (χ2n) is 4.69. The highest BCUT2D eigenvalue weighted by Crippen LogP contribution is 2.37. The SMILES string of the molecule is [2H]C1([2H])C[C@H](c2ccc(OCC)cc2)CC([2H])([2H])[C@@]1([2H])CCC. The predicted molar refractivity (Wildman–Crippen MR) is 77.2 cm³/mol. The van der Waals surface area contributed by atoms with Crippen LogP contribution in [-0.4, -0.2) is 6.61 Å². The molecule has 1 saturated carbocycles. The second-order valence-corrected chi connectivity index (χ2v) is 4.69. The van der Waals surface area contributed by atoms with Crippen molar-refractivity contribution in [3.8, 4) is 5.75 Å². The predicted octanol–water partition coefficient (Wildman–Crippen LogP) is 5.16. The summed E-state index contributed by atoms with van der Waals surface area (Å²) in [6, 6.07) is 7.47. The summed E-state index contributed by atoms with van der Waals surface area (Å²) in [5.74, 6) is -1.14. The molecule has 0 atom stereocenters. The molecule has 100 valence electrons. The lowest BCUT2D eigenvalue weighted by Gasteiger charge is -2.28. The van der Waals surface area contributed by atoms with Gasteiger partial charge in [-0.05, 0) is 62.0 Å². The Morgan fingerprint density at radius 3 is 2.44 bits per heavy atom. The molecule has 18 heavy (non-hydrogen) atoms. The Morgan fingerprint density at radius 2 is 1.89 bits per heavy atom. The highest BCUT2D eigenvalue weighted by Gasteiger charge is 2.21. The summed E-state index contributed by atoms with van der Waals surface area (Å²) in [5.41, 5.74) is 0.916. The van der Waals surface area contributed by atoms with Crippen molar-refractivity contribution in [1.82, 2.24) is 0 Å². The Balaban J connectivity index is 2.27. The van der Waals surface area contributed by atoms with Gasteiger partial charge in [-0.15, -0.1) is 0 Å². The Hall–Kier alpha value is -0.980. The first-order valence-corrected chi connectivity index (χ1v) is 6.89. The van der Waals surface area contributed by atoms with E-state index in [-0.39, 0.29) is 25.2 Å². The smallest absolute Gasteiger partial charge is 0.119 e. The zero-order valence-electron chi connectivity index (χ0n) is 16.3. The molecule has 0 radical (unpaired) electrons. The molecule has 2 rings (SSSR count). The normalized spacial score (nSPS) is 37.7. The maximum Gasteiger partial charge on any atom is 0.119 e. The third-order valence-corrected chi connectivity index (χ3v) is 3.29. The minimum absolute atomic E-state index is 0.185. The van der Waals surface area contributed by atoms with E-state index in [2.05, 4.69) is 0 Å². The maximum absolute atomic E-state index is 8.50. The van der Waals surface area contributed by atoms with Gasteiger partial charge in [0, 0.05) is 6.85 Å². The van der Waals surface area contributed by atoms with E-state index in [4.69, 9.17) is 11.6 Å². The molecule has 1 heteroatoms. The van der Waals surface area contributed by atoms with E-state index in [0.717, 1.165) is 11.3 Å². The van der Waals surface area contributed by atoms with Crippen LogP contribution in [0.2, 0.25) is 0 Å². The maximum atomic E-state index is 8.50. The van der Waals surface area contributed by atoms with Gasteiger partial charge in [0.25, 0.3) is 0 Å². The molecule has 0 bridgehead atoms. The van der Waals surface area contributed by atoms with Crippen LogP contribution in [-0.2, 0) is 0 Å². The molecule has 1 aliphatic carbocycles. The molecule has 0 aromatic heterocycles. The quantitative estimate of drug-likeness (QED) is 0.702. The zero-order chi connectivity index (χ0) is 17.3. The summed E-state index contributed by atoms with van der Waals surface area (Å²) >= 11 is 0. The van der Waals surface area contributed by atoms with Gasteiger partial charge >= 0.3 is 0 Å². The molecule has 0 amide bonds. The zero-order valence-corrected chi connectivity index (χ0v) is 11.3. The van der Waals surface area contributed by atoms with Crippen LogP contribution in [0.5, 0.6) is 5.75 Å². The van der Waals surface area contributed by atoms with Gasteiger partial charge in [-0.1, -0.05) is 31.9 Å². The fraction of sp³-hybridized carbons (Fsp3) is 0.647. The summed E-state index contributed by atoms with van der Waals surface area (Å²) in [5, 5.41) is 0. The van der Waals surface area contributed by atoms with Crippen molar-refractivity contribution in [1.29, 1.82) is 0 Å². The summed E-state index contributed by atoms with van der Waals surface area (Å²) in [6.07, 6.45) is -2.49. The van der Waals surface area contributed by atoms with E-state index in [1.807, 2.05) is 38.1 Å². The molecule has 1 aliphatic rings. The van der Waals surface area contributed by atoms with Crippen LogP contribution in [0.3, 0.4) is 0 Å². The average Bonchev–Trinajstić information content (AvgIpc) is 2.46. The third-order valence-electron chi connectivity index (χ3n) is 3.29. The molecule has 1 fully saturated rings. The lowest BCUT2D eigenvalue weighted by atomic mass is 9.77. The number of rotatable bonds is 5. The first-order chi connectivity index (χ1) is 10.7. The standard InChI is InChI=1S/C17H26O/c1-3-5-14-6-8-15(9-7-14)16-10-12-17(13-11-16)18-4-2/h10-15H,3-9H2,1-2H3/t14-,15-/i6D2,7D2,14D. The van der Waals surface area contributed by atoms with Crippen LogP contribution in [0.1, 0.15) is 70.6 Å². The molecular formula is C17H26O. The average molecular weight is 251 g/mol. The largest absolute Gasteiger partial charge is 0.494 e. The molecule has 0 heterocycles. The fourth-order valence-corrected chi connectivity index (χ4v) is 2.29. The lowest BCUT2D eigenvalue weighted by molar-refractivity contribution is 0.308. The molecule has 1 aromatic rings. The lowest BCUT2D eigenvalue weighted by Crippen LogP contribution is -2.13. The second kappa shape index (κ2) is 6.82. The van der Waals surface area contributed by atoms with Crippen molar-refractivity contribution >= 4 is 0 Å². The van der Waals surface area contributed by atoms with Gasteiger partial charge in [0.05, 0.1) is 6.61 Å². The summed E-state index contributed by atoms with van der Waals surface area (Å²) in [6.45, 7) is 4.38. The fourth-order valence-electron chi connectivity index (χ4n) is 2.29. The van der Waals surface area contributed by atoms with Gasteiger partial charge in [0.2, 0.25) is 0 Å². The van der Waals surface area contributed by atoms with E-state index < -0.39 is 18.6 Å². The number of hydrogen-bond donors (Lipinski definition) is 0. The van der Waals surface area contributed by atoms with Gasteiger partial charge < -0.3 is 4.74 Å². The van der Waals surface area contributed by atoms with Gasteiger partial charge in [-0.3, -0.25) is 0 Å². The summed E-state index contributed by atoms with van der Waals surface area (Å²) < 4.78 is 47.3. The van der Waals surface area contributed by atoms with Crippen LogP contribution in [0.25, 0.3) is 0 Å². The molecule has 0 N–H and O–H groups in total. The van der Waals surface area contributed by atoms with Crippen LogP contribution in [0.4, 0.5) is 0 Å². The molecule has 0 spiro atoms. The first kappa shape index (κ1) is 8.24. The Kier molecular flexibility index (Phi) is 3.12. The Morgan fingerprint density at radius 1 is 1.22 bits per heavy atom. The number of benzene rings is 1. The van der Waals surface area contributed by atoms with Crippen molar-refractivity contribution in [3.05, 3.63) is 29.8 Å². The monoisotopic (exact) mass is 251 g/mol. The van der Waals surface area contributed by atoms with Crippen molar-refractivity contribution in [2.45, 2.75) is 58.2 Å². The number of ether oxygens (including phenoxy) is 1. The first-order valence-electron chi connectivity index (χ1n) is 9.39. The van der Waals surface area contributed by atoms with E-state index in [0.29, 0.717) is 13.0 Å². The third kappa shape index (κ3) is 3.51. The van der Waals surface area contributed by atoms with Crippen LogP contribution in [0, 0.1) is 5.89 Å². The molecule has 1 aromatic carbocycles. The Labute approximate surface area is 119 Å². The highest BCUT2D eigenvalue weighted by molar-refractivity contribution is 5.29. The Bertz CT molecular complexity index is 508. The molecule has 0 saturated heterocycles. The molecular weight excluding hydrogens is 220 g/mol. The van der Waals surface area contributed by atoms with Gasteiger partial charge in [-0.2, -0.15) is 0 Å². The van der Waals surface area contributed by atoms with E-state index in [9.17, 15) is 0 Å². The summed E-state index contributed by atoms with van der Waals surface area (Å²) in [4.78, 5) is 0. The highest BCUT2D eigenvalue weighted by atomic mass is 16.5. The van der Waals surface area contributed by atoms with E-state index in [1.54, 1.807) is 0 Å². The molecule has 1 nitrogen and oxygen atoms in total. The van der Waals surface area contributed by atoms with E-state index in [1.165, 1.54) is 0 Å². The van der Waals surface area contributed by atoms with Gasteiger partial charge in [-0.25, -0.2) is 0 Å². The topological polar surface area (TPSA) is 9.23 Å². The van der Waals surface area contributed by atoms with Crippen LogP contribution < -0.4 is 4.74 Å². The minimum Gasteiger partial charge on any atom is -0.494 e. The van der Waals surface area contributed by atoms with Crippen molar-refractivity contribution < 1.29 is 11.6 Å². The summed E-state index contributed by atoms with van der Waals surface area (Å²) in [7, 11) is 0. The van der Waals surface area contributed by atoms with Crippen molar-refractivity contribution in [3.63, 3.8) is 0 Å². The van der Waals surface area contributed by atoms with Crippen LogP contribution in [0.15, 0.2) is 24.3 Å².